The highest BCUT2D eigenvalue weighted by Gasteiger charge is 2.49. The molecule has 2 N–H and O–H groups in total. The third-order valence-corrected chi connectivity index (χ3v) is 7.48. The lowest BCUT2D eigenvalue weighted by Crippen LogP contribution is -2.50. The predicted octanol–water partition coefficient (Wildman–Crippen LogP) is 6.82. The number of nitrogens with zero attached hydrogens (tertiary/aromatic N) is 2. The number of carbonyl (C=O) groups is 3. The highest BCUT2D eigenvalue weighted by molar-refractivity contribution is 6.30. The first-order valence-corrected chi connectivity index (χ1v) is 13.6. The van der Waals surface area contributed by atoms with Gasteiger partial charge in [-0.3, -0.25) is 14.7 Å². The largest absolute Gasteiger partial charge is 0.483 e. The third kappa shape index (κ3) is 6.75. The second-order valence-corrected chi connectivity index (χ2v) is 12.0. The van der Waals surface area contributed by atoms with E-state index in [4.69, 9.17) is 16.4 Å². The van der Waals surface area contributed by atoms with Crippen LogP contribution in [-0.4, -0.2) is 46.8 Å². The number of hydrogen-bond donors (Lipinski definition) is 2. The second kappa shape index (κ2) is 11.9. The Balaban J connectivity index is 0.000000867. The second-order valence-electron chi connectivity index (χ2n) is 11.6. The Labute approximate surface area is 237 Å². The number of aromatic amines is 1. The van der Waals surface area contributed by atoms with Crippen LogP contribution in [-0.2, 0) is 11.2 Å². The summed E-state index contributed by atoms with van der Waals surface area (Å²) >= 11 is 6.04. The number of hydrogen-bond acceptors (Lipinski definition) is 5. The van der Waals surface area contributed by atoms with Gasteiger partial charge in [-0.1, -0.05) is 44.5 Å². The minimum atomic E-state index is -2.83. The number of aromatic nitrogens is 2. The molecule has 10 heteroatoms. The molecule has 1 fully saturated rings. The van der Waals surface area contributed by atoms with Crippen molar-refractivity contribution in [3.8, 4) is 11.3 Å². The van der Waals surface area contributed by atoms with Gasteiger partial charge in [0.2, 0.25) is 5.91 Å². The quantitative estimate of drug-likeness (QED) is 0.250. The lowest BCUT2D eigenvalue weighted by Gasteiger charge is -2.37. The summed E-state index contributed by atoms with van der Waals surface area (Å²) in [5.74, 6) is 0.326. The van der Waals surface area contributed by atoms with Crippen LogP contribution >= 0.6 is 11.6 Å². The van der Waals surface area contributed by atoms with Crippen LogP contribution in [0.25, 0.3) is 11.3 Å². The molecule has 212 valence electrons. The van der Waals surface area contributed by atoms with E-state index in [2.05, 4.69) is 47.3 Å². The van der Waals surface area contributed by atoms with Gasteiger partial charge in [0.25, 0.3) is 0 Å². The van der Waals surface area contributed by atoms with E-state index in [-0.39, 0.29) is 35.1 Å². The molecular formula is C30H33ClF2N4O3. The highest BCUT2D eigenvalue weighted by Crippen LogP contribution is 2.53. The summed E-state index contributed by atoms with van der Waals surface area (Å²) in [5.41, 5.74) is 5.92. The van der Waals surface area contributed by atoms with Gasteiger partial charge in [-0.2, -0.15) is 5.10 Å². The summed E-state index contributed by atoms with van der Waals surface area (Å²) in [4.78, 5) is 36.1. The zero-order chi connectivity index (χ0) is 29.2. The van der Waals surface area contributed by atoms with Gasteiger partial charge in [0.1, 0.15) is 0 Å². The molecule has 1 amide bonds. The lowest BCUT2D eigenvalue weighted by molar-refractivity contribution is -0.119. The van der Waals surface area contributed by atoms with Crippen LogP contribution in [0.5, 0.6) is 0 Å². The Bertz CT molecular complexity index is 1380. The number of ketones is 1. The summed E-state index contributed by atoms with van der Waals surface area (Å²) in [7, 11) is 0. The maximum absolute atomic E-state index is 13.5. The van der Waals surface area contributed by atoms with Crippen molar-refractivity contribution in [3.63, 3.8) is 0 Å². The molecule has 0 bridgehead atoms. The molecule has 1 aliphatic carbocycles. The maximum atomic E-state index is 13.5. The third-order valence-electron chi connectivity index (χ3n) is 7.22. The summed E-state index contributed by atoms with van der Waals surface area (Å²) < 4.78 is 19.4. The van der Waals surface area contributed by atoms with E-state index in [1.54, 1.807) is 13.1 Å². The first-order chi connectivity index (χ1) is 18.8. The van der Waals surface area contributed by atoms with E-state index in [0.29, 0.717) is 17.0 Å². The minimum absolute atomic E-state index is 0.0000579. The van der Waals surface area contributed by atoms with E-state index in [0.717, 1.165) is 41.9 Å². The fourth-order valence-electron chi connectivity index (χ4n) is 5.94. The van der Waals surface area contributed by atoms with Crippen LogP contribution in [0, 0.1) is 5.41 Å². The molecule has 1 saturated carbocycles. The van der Waals surface area contributed by atoms with E-state index < -0.39 is 6.29 Å². The number of amides is 1. The van der Waals surface area contributed by atoms with Crippen molar-refractivity contribution in [1.82, 2.24) is 15.5 Å². The van der Waals surface area contributed by atoms with Crippen LogP contribution in [0.2, 0.25) is 5.02 Å². The number of carbonyl (C=O) groups excluding carboxylic acids is 3. The number of halogens is 3. The highest BCUT2D eigenvalue weighted by atomic mass is 35.5. The van der Waals surface area contributed by atoms with Crippen LogP contribution < -0.4 is 10.2 Å². The van der Waals surface area contributed by atoms with E-state index in [9.17, 15) is 18.4 Å². The average molecular weight is 571 g/mol. The standard InChI is InChI=1S/C29H33ClN4O2.CF2O/c1-17(35)32-25-10-9-21-22-14-19(26(36)13-18-5-7-20(30)8-6-18)15-23(24-11-12-31-33-24)27(22)34(28(21)25)16-29(2,3)4;2-1(3)4/h5-8,11-12,14-15,21,25,28H,9-10,13,16H2,1-4H3,(H,31,33)(H,32,35);/t21-,25+,28+;/m1./s1. The molecule has 0 saturated heterocycles. The van der Waals surface area contributed by atoms with Crippen molar-refractivity contribution in [3.05, 3.63) is 70.4 Å². The fourth-order valence-corrected chi connectivity index (χ4v) is 6.07. The SMILES string of the molecule is CC(=O)N[C@H]1CC[C@@H]2c3cc(C(=O)Cc4ccc(Cl)cc4)cc(-c4ccn[nH]4)c3N(CC(C)(C)C)[C@H]12.O=C(F)F. The van der Waals surface area contributed by atoms with E-state index in [1.165, 1.54) is 5.56 Å². The molecule has 2 aliphatic rings. The smallest absolute Gasteiger partial charge is 0.365 e. The van der Waals surface area contributed by atoms with Gasteiger partial charge in [0.05, 0.1) is 17.4 Å². The molecule has 2 heterocycles. The van der Waals surface area contributed by atoms with Gasteiger partial charge in [-0.15, -0.1) is 8.78 Å². The molecule has 40 heavy (non-hydrogen) atoms. The van der Waals surface area contributed by atoms with Crippen molar-refractivity contribution in [2.45, 2.75) is 65.0 Å². The first kappa shape index (κ1) is 29.4. The predicted molar refractivity (Wildman–Crippen MR) is 151 cm³/mol. The summed E-state index contributed by atoms with van der Waals surface area (Å²) in [6, 6.07) is 13.7. The van der Waals surface area contributed by atoms with Gasteiger partial charge in [-0.25, -0.2) is 4.79 Å². The number of rotatable bonds is 6. The van der Waals surface area contributed by atoms with E-state index in [1.807, 2.05) is 36.4 Å². The molecule has 1 aliphatic heterocycles. The van der Waals surface area contributed by atoms with Crippen molar-refractivity contribution in [2.75, 3.05) is 11.4 Å². The van der Waals surface area contributed by atoms with Gasteiger partial charge in [0, 0.05) is 54.2 Å². The Morgan fingerprint density at radius 1 is 1.10 bits per heavy atom. The van der Waals surface area contributed by atoms with E-state index >= 15 is 0 Å². The van der Waals surface area contributed by atoms with Crippen molar-refractivity contribution in [2.24, 2.45) is 5.41 Å². The average Bonchev–Trinajstić information content (AvgIpc) is 3.58. The Morgan fingerprint density at radius 2 is 1.77 bits per heavy atom. The molecule has 5 rings (SSSR count). The number of anilines is 1. The van der Waals surface area contributed by atoms with Crippen LogP contribution in [0.15, 0.2) is 48.7 Å². The molecule has 1 aromatic heterocycles. The molecular weight excluding hydrogens is 538 g/mol. The van der Waals surface area contributed by atoms with Crippen molar-refractivity contribution < 1.29 is 23.2 Å². The van der Waals surface area contributed by atoms with Crippen LogP contribution in [0.4, 0.5) is 19.3 Å². The van der Waals surface area contributed by atoms with Crippen molar-refractivity contribution in [1.29, 1.82) is 0 Å². The van der Waals surface area contributed by atoms with Crippen LogP contribution in [0.1, 0.15) is 67.9 Å². The lowest BCUT2D eigenvalue weighted by atomic mass is 9.90. The zero-order valence-electron chi connectivity index (χ0n) is 22.9. The Hall–Kier alpha value is -3.59. The molecule has 3 atom stereocenters. The topological polar surface area (TPSA) is 95.2 Å². The number of benzene rings is 2. The zero-order valence-corrected chi connectivity index (χ0v) is 23.7. The van der Waals surface area contributed by atoms with Gasteiger partial charge < -0.3 is 10.2 Å². The number of fused-ring (bicyclic) bond motifs is 3. The molecule has 2 aromatic carbocycles. The number of nitrogens with one attached hydrogen (secondary N) is 2. The maximum Gasteiger partial charge on any atom is 0.483 e. The summed E-state index contributed by atoms with van der Waals surface area (Å²) in [6.07, 6.45) is 1.12. The monoisotopic (exact) mass is 570 g/mol. The molecule has 0 radical (unpaired) electrons. The normalized spacial score (nSPS) is 19.4. The van der Waals surface area contributed by atoms with Gasteiger partial charge >= 0.3 is 6.29 Å². The van der Waals surface area contributed by atoms with Crippen molar-refractivity contribution >= 4 is 35.3 Å². The fraction of sp³-hybridized carbons (Fsp3) is 0.400. The number of Topliss-reactive ketones (excluding diaryl/α,β-unsaturated/α-hetero) is 1. The van der Waals surface area contributed by atoms with Gasteiger partial charge in [-0.05, 0) is 59.7 Å². The minimum Gasteiger partial charge on any atom is -0.365 e. The summed E-state index contributed by atoms with van der Waals surface area (Å²) in [5, 5.41) is 11.2. The molecule has 0 spiro atoms. The molecule has 3 aromatic rings. The Kier molecular flexibility index (Phi) is 8.73. The number of H-pyrrole nitrogens is 1. The first-order valence-electron chi connectivity index (χ1n) is 13.2. The van der Waals surface area contributed by atoms with Gasteiger partial charge in [0.15, 0.2) is 5.78 Å². The Morgan fingerprint density at radius 3 is 2.35 bits per heavy atom. The molecule has 0 unspecified atom stereocenters. The molecule has 7 nitrogen and oxygen atoms in total. The van der Waals surface area contributed by atoms with Crippen LogP contribution in [0.3, 0.4) is 0 Å². The summed E-state index contributed by atoms with van der Waals surface area (Å²) in [6.45, 7) is 9.15.